The zero-order valence-corrected chi connectivity index (χ0v) is 12.2. The Balaban J connectivity index is 2.38. The minimum absolute atomic E-state index is 0.0958. The van der Waals surface area contributed by atoms with Crippen LogP contribution < -0.4 is 10.0 Å². The van der Waals surface area contributed by atoms with Crippen molar-refractivity contribution in [1.82, 2.24) is 10.0 Å². The summed E-state index contributed by atoms with van der Waals surface area (Å²) in [5.41, 5.74) is 0.673. The van der Waals surface area contributed by atoms with E-state index in [4.69, 9.17) is 0 Å². The van der Waals surface area contributed by atoms with Crippen molar-refractivity contribution in [2.24, 2.45) is 0 Å². The van der Waals surface area contributed by atoms with E-state index in [0.717, 1.165) is 13.0 Å². The first-order chi connectivity index (χ1) is 9.31. The van der Waals surface area contributed by atoms with Crippen LogP contribution in [0, 0.1) is 24.0 Å². The Morgan fingerprint density at radius 1 is 1.35 bits per heavy atom. The Hall–Kier alpha value is -1.51. The topological polar surface area (TPSA) is 101 Å². The Labute approximate surface area is 117 Å². The number of nitrogens with zero attached hydrogens (tertiary/aromatic N) is 1. The van der Waals surface area contributed by atoms with Gasteiger partial charge >= 0.3 is 0 Å². The molecule has 110 valence electrons. The predicted octanol–water partition coefficient (Wildman–Crippen LogP) is 0.852. The lowest BCUT2D eigenvalue weighted by Gasteiger charge is -2.15. The van der Waals surface area contributed by atoms with Gasteiger partial charge in [0.25, 0.3) is 5.69 Å². The van der Waals surface area contributed by atoms with E-state index in [9.17, 15) is 18.5 Å². The van der Waals surface area contributed by atoms with Gasteiger partial charge in [-0.3, -0.25) is 10.1 Å². The molecule has 0 spiro atoms. The van der Waals surface area contributed by atoms with Crippen molar-refractivity contribution in [2.45, 2.75) is 31.2 Å². The number of hydrogen-bond acceptors (Lipinski definition) is 5. The number of aryl methyl sites for hydroxylation is 2. The van der Waals surface area contributed by atoms with E-state index in [0.29, 0.717) is 17.7 Å². The molecule has 1 saturated heterocycles. The molecule has 2 N–H and O–H groups in total. The molecule has 7 nitrogen and oxygen atoms in total. The zero-order chi connectivity index (χ0) is 14.9. The van der Waals surface area contributed by atoms with E-state index >= 15 is 0 Å². The summed E-state index contributed by atoms with van der Waals surface area (Å²) in [5, 5.41) is 13.9. The first-order valence-corrected chi connectivity index (χ1v) is 7.78. The SMILES string of the molecule is Cc1cc([N+](=O)[O-])cc(C)c1S(=O)(=O)NC1CCNC1. The highest BCUT2D eigenvalue weighted by atomic mass is 32.2. The molecule has 2 rings (SSSR count). The fourth-order valence-electron chi connectivity index (χ4n) is 2.49. The van der Waals surface area contributed by atoms with Gasteiger partial charge in [0.05, 0.1) is 9.82 Å². The molecule has 20 heavy (non-hydrogen) atoms. The molecule has 1 aromatic carbocycles. The summed E-state index contributed by atoms with van der Waals surface area (Å²) >= 11 is 0. The van der Waals surface area contributed by atoms with Crippen molar-refractivity contribution in [3.8, 4) is 0 Å². The lowest BCUT2D eigenvalue weighted by molar-refractivity contribution is -0.385. The van der Waals surface area contributed by atoms with Crippen LogP contribution in [-0.4, -0.2) is 32.5 Å². The predicted molar refractivity (Wildman–Crippen MR) is 74.2 cm³/mol. The summed E-state index contributed by atoms with van der Waals surface area (Å²) in [4.78, 5) is 10.4. The first-order valence-electron chi connectivity index (χ1n) is 6.30. The maximum absolute atomic E-state index is 12.4. The van der Waals surface area contributed by atoms with E-state index in [2.05, 4.69) is 10.0 Å². The van der Waals surface area contributed by atoms with Crippen LogP contribution in [0.15, 0.2) is 17.0 Å². The number of nitro benzene ring substituents is 1. The quantitative estimate of drug-likeness (QED) is 0.634. The standard InChI is InChI=1S/C12H17N3O4S/c1-8-5-11(15(16)17)6-9(2)12(8)20(18,19)14-10-3-4-13-7-10/h5-6,10,13-14H,3-4,7H2,1-2H3. The normalized spacial score (nSPS) is 19.2. The van der Waals surface area contributed by atoms with Crippen LogP contribution in [-0.2, 0) is 10.0 Å². The van der Waals surface area contributed by atoms with Crippen LogP contribution in [0.2, 0.25) is 0 Å². The maximum atomic E-state index is 12.4. The van der Waals surface area contributed by atoms with Crippen molar-refractivity contribution in [3.63, 3.8) is 0 Å². The van der Waals surface area contributed by atoms with E-state index in [1.807, 2.05) is 0 Å². The van der Waals surface area contributed by atoms with Gasteiger partial charge in [-0.25, -0.2) is 13.1 Å². The molecule has 1 aliphatic rings. The molecular weight excluding hydrogens is 282 g/mol. The van der Waals surface area contributed by atoms with E-state index in [1.54, 1.807) is 13.8 Å². The van der Waals surface area contributed by atoms with Gasteiger partial charge in [0.1, 0.15) is 0 Å². The van der Waals surface area contributed by atoms with E-state index in [1.165, 1.54) is 12.1 Å². The van der Waals surface area contributed by atoms with Gasteiger partial charge < -0.3 is 5.32 Å². The Morgan fingerprint density at radius 3 is 2.40 bits per heavy atom. The molecule has 1 heterocycles. The minimum Gasteiger partial charge on any atom is -0.315 e. The molecule has 0 radical (unpaired) electrons. The molecule has 0 saturated carbocycles. The van der Waals surface area contributed by atoms with Gasteiger partial charge in [0.2, 0.25) is 10.0 Å². The molecule has 1 unspecified atom stereocenters. The van der Waals surface area contributed by atoms with Crippen molar-refractivity contribution in [1.29, 1.82) is 0 Å². The van der Waals surface area contributed by atoms with Crippen LogP contribution in [0.25, 0.3) is 0 Å². The summed E-state index contributed by atoms with van der Waals surface area (Å²) in [6, 6.07) is 2.44. The van der Waals surface area contributed by atoms with Crippen molar-refractivity contribution >= 4 is 15.7 Å². The van der Waals surface area contributed by atoms with E-state index in [-0.39, 0.29) is 16.6 Å². The molecule has 0 aromatic heterocycles. The summed E-state index contributed by atoms with van der Waals surface area (Å²) in [6.45, 7) is 4.53. The second-order valence-corrected chi connectivity index (χ2v) is 6.63. The number of sulfonamides is 1. The third-order valence-electron chi connectivity index (χ3n) is 3.31. The lowest BCUT2D eigenvalue weighted by atomic mass is 10.1. The number of hydrogen-bond donors (Lipinski definition) is 2. The number of nitrogens with one attached hydrogen (secondary N) is 2. The molecular formula is C12H17N3O4S. The molecule has 1 fully saturated rings. The molecule has 1 aromatic rings. The van der Waals surface area contributed by atoms with Gasteiger partial charge in [0.15, 0.2) is 0 Å². The van der Waals surface area contributed by atoms with Crippen LogP contribution >= 0.6 is 0 Å². The summed E-state index contributed by atoms with van der Waals surface area (Å²) in [6.07, 6.45) is 0.740. The lowest BCUT2D eigenvalue weighted by Crippen LogP contribution is -2.36. The zero-order valence-electron chi connectivity index (χ0n) is 11.3. The summed E-state index contributed by atoms with van der Waals surface area (Å²) < 4.78 is 27.4. The fraction of sp³-hybridized carbons (Fsp3) is 0.500. The number of non-ortho nitro benzene ring substituents is 1. The van der Waals surface area contributed by atoms with Crippen LogP contribution in [0.5, 0.6) is 0 Å². The second kappa shape index (κ2) is 5.47. The average molecular weight is 299 g/mol. The first kappa shape index (κ1) is 14.9. The third kappa shape index (κ3) is 2.97. The highest BCUT2D eigenvalue weighted by molar-refractivity contribution is 7.89. The molecule has 8 heteroatoms. The van der Waals surface area contributed by atoms with Gasteiger partial charge in [-0.05, 0) is 37.9 Å². The summed E-state index contributed by atoms with van der Waals surface area (Å²) in [5.74, 6) is 0. The fourth-order valence-corrected chi connectivity index (χ4v) is 4.21. The van der Waals surface area contributed by atoms with Gasteiger partial charge in [-0.15, -0.1) is 0 Å². The summed E-state index contributed by atoms with van der Waals surface area (Å²) in [7, 11) is -3.66. The molecule has 0 bridgehead atoms. The van der Waals surface area contributed by atoms with Crippen molar-refractivity contribution in [2.75, 3.05) is 13.1 Å². The minimum atomic E-state index is -3.66. The second-order valence-electron chi connectivity index (χ2n) is 4.98. The van der Waals surface area contributed by atoms with Gasteiger partial charge in [-0.2, -0.15) is 0 Å². The highest BCUT2D eigenvalue weighted by Gasteiger charge is 2.26. The number of rotatable bonds is 4. The smallest absolute Gasteiger partial charge is 0.270 e. The third-order valence-corrected chi connectivity index (χ3v) is 5.13. The maximum Gasteiger partial charge on any atom is 0.270 e. The van der Waals surface area contributed by atoms with Crippen LogP contribution in [0.4, 0.5) is 5.69 Å². The van der Waals surface area contributed by atoms with Crippen molar-refractivity contribution < 1.29 is 13.3 Å². The Bertz CT molecular complexity index is 613. The number of benzene rings is 1. The molecule has 1 atom stereocenters. The van der Waals surface area contributed by atoms with Crippen LogP contribution in [0.1, 0.15) is 17.5 Å². The monoisotopic (exact) mass is 299 g/mol. The molecule has 0 aliphatic carbocycles. The average Bonchev–Trinajstić information content (AvgIpc) is 2.79. The highest BCUT2D eigenvalue weighted by Crippen LogP contribution is 2.26. The number of nitro groups is 1. The van der Waals surface area contributed by atoms with E-state index < -0.39 is 14.9 Å². The Morgan fingerprint density at radius 2 is 1.95 bits per heavy atom. The van der Waals surface area contributed by atoms with Crippen LogP contribution in [0.3, 0.4) is 0 Å². The molecule has 0 amide bonds. The van der Waals surface area contributed by atoms with Gasteiger partial charge in [0, 0.05) is 24.7 Å². The van der Waals surface area contributed by atoms with Crippen molar-refractivity contribution in [3.05, 3.63) is 33.4 Å². The molecule has 1 aliphatic heterocycles. The van der Waals surface area contributed by atoms with Gasteiger partial charge in [-0.1, -0.05) is 0 Å². The largest absolute Gasteiger partial charge is 0.315 e. The Kier molecular flexibility index (Phi) is 4.07.